The molecule has 0 aromatic heterocycles. The standard InChI is InChI=1S/C21H28ClN5O2S.HI/c1-3-23-21(24-14-16-7-4-5-10-20(16)26-30(2,28)29)25-18-11-12-27(15-18)19-9-6-8-17(22)13-19;/h4-10,13,18,26H,3,11-12,14-15H2,1-2H3,(H2,23,24,25);1H. The molecule has 10 heteroatoms. The minimum atomic E-state index is -3.35. The third kappa shape index (κ3) is 8.04. The molecule has 1 aliphatic rings. The Bertz CT molecular complexity index is 1000. The van der Waals surface area contributed by atoms with Crippen molar-refractivity contribution in [1.29, 1.82) is 0 Å². The van der Waals surface area contributed by atoms with Crippen LogP contribution in [-0.4, -0.2) is 46.3 Å². The van der Waals surface area contributed by atoms with Crippen LogP contribution in [0.4, 0.5) is 11.4 Å². The lowest BCUT2D eigenvalue weighted by molar-refractivity contribution is 0.606. The number of nitrogens with zero attached hydrogens (tertiary/aromatic N) is 2. The molecule has 0 bridgehead atoms. The normalized spacial score (nSPS) is 16.5. The highest BCUT2D eigenvalue weighted by Gasteiger charge is 2.23. The summed E-state index contributed by atoms with van der Waals surface area (Å²) in [4.78, 5) is 6.97. The van der Waals surface area contributed by atoms with E-state index in [1.165, 1.54) is 0 Å². The molecule has 1 heterocycles. The molecule has 0 saturated carbocycles. The van der Waals surface area contributed by atoms with Gasteiger partial charge in [-0.3, -0.25) is 4.72 Å². The first kappa shape index (κ1) is 25.5. The summed E-state index contributed by atoms with van der Waals surface area (Å²) in [6.45, 7) is 4.91. The highest BCUT2D eigenvalue weighted by atomic mass is 127. The van der Waals surface area contributed by atoms with Crippen LogP contribution in [0.3, 0.4) is 0 Å². The molecule has 1 saturated heterocycles. The monoisotopic (exact) mass is 577 g/mol. The van der Waals surface area contributed by atoms with Crippen LogP contribution in [0.15, 0.2) is 53.5 Å². The van der Waals surface area contributed by atoms with Crippen molar-refractivity contribution in [2.45, 2.75) is 25.9 Å². The van der Waals surface area contributed by atoms with Crippen molar-refractivity contribution in [3.05, 3.63) is 59.1 Å². The maximum atomic E-state index is 11.6. The zero-order chi connectivity index (χ0) is 21.6. The zero-order valence-electron chi connectivity index (χ0n) is 17.6. The quantitative estimate of drug-likeness (QED) is 0.266. The van der Waals surface area contributed by atoms with E-state index in [-0.39, 0.29) is 30.0 Å². The third-order valence-electron chi connectivity index (χ3n) is 4.77. The van der Waals surface area contributed by atoms with Crippen molar-refractivity contribution in [3.8, 4) is 0 Å². The average molecular weight is 578 g/mol. The Labute approximate surface area is 206 Å². The Morgan fingerprint density at radius 3 is 2.71 bits per heavy atom. The molecule has 1 aliphatic heterocycles. The van der Waals surface area contributed by atoms with E-state index in [4.69, 9.17) is 11.6 Å². The van der Waals surface area contributed by atoms with Gasteiger partial charge in [-0.2, -0.15) is 0 Å². The second-order valence-corrected chi connectivity index (χ2v) is 9.47. The predicted molar refractivity (Wildman–Crippen MR) is 140 cm³/mol. The van der Waals surface area contributed by atoms with Gasteiger partial charge in [-0.25, -0.2) is 13.4 Å². The molecule has 0 amide bonds. The van der Waals surface area contributed by atoms with E-state index >= 15 is 0 Å². The van der Waals surface area contributed by atoms with Crippen molar-refractivity contribution in [2.24, 2.45) is 4.99 Å². The minimum absolute atomic E-state index is 0. The second-order valence-electron chi connectivity index (χ2n) is 7.28. The lowest BCUT2D eigenvalue weighted by Gasteiger charge is -2.20. The average Bonchev–Trinajstić information content (AvgIpc) is 3.15. The number of rotatable bonds is 7. The maximum absolute atomic E-state index is 11.6. The van der Waals surface area contributed by atoms with Gasteiger partial charge in [0.2, 0.25) is 10.0 Å². The molecule has 2 aromatic rings. The van der Waals surface area contributed by atoms with E-state index in [2.05, 4.69) is 31.3 Å². The Kier molecular flexibility index (Phi) is 9.70. The zero-order valence-corrected chi connectivity index (χ0v) is 21.5. The van der Waals surface area contributed by atoms with E-state index in [1.54, 1.807) is 12.1 Å². The number of hydrogen-bond acceptors (Lipinski definition) is 4. The van der Waals surface area contributed by atoms with Crippen LogP contribution in [0.5, 0.6) is 0 Å². The lowest BCUT2D eigenvalue weighted by Crippen LogP contribution is -2.44. The lowest BCUT2D eigenvalue weighted by atomic mass is 10.2. The summed E-state index contributed by atoms with van der Waals surface area (Å²) in [6, 6.07) is 15.4. The van der Waals surface area contributed by atoms with Crippen LogP contribution in [0.1, 0.15) is 18.9 Å². The fraction of sp³-hybridized carbons (Fsp3) is 0.381. The van der Waals surface area contributed by atoms with Gasteiger partial charge in [-0.15, -0.1) is 24.0 Å². The summed E-state index contributed by atoms with van der Waals surface area (Å²) in [5, 5.41) is 7.50. The van der Waals surface area contributed by atoms with Crippen molar-refractivity contribution in [3.63, 3.8) is 0 Å². The van der Waals surface area contributed by atoms with Gasteiger partial charge >= 0.3 is 0 Å². The number of anilines is 2. The third-order valence-corrected chi connectivity index (χ3v) is 5.59. The van der Waals surface area contributed by atoms with Gasteiger partial charge in [0.25, 0.3) is 0 Å². The second kappa shape index (κ2) is 11.8. The van der Waals surface area contributed by atoms with E-state index in [0.717, 1.165) is 48.6 Å². The van der Waals surface area contributed by atoms with Gasteiger partial charge in [0.05, 0.1) is 18.5 Å². The smallest absolute Gasteiger partial charge is 0.229 e. The van der Waals surface area contributed by atoms with Crippen LogP contribution in [-0.2, 0) is 16.6 Å². The Morgan fingerprint density at radius 1 is 1.23 bits per heavy atom. The van der Waals surface area contributed by atoms with Crippen LogP contribution < -0.4 is 20.3 Å². The van der Waals surface area contributed by atoms with Gasteiger partial charge in [0, 0.05) is 36.4 Å². The highest BCUT2D eigenvalue weighted by Crippen LogP contribution is 2.23. The van der Waals surface area contributed by atoms with E-state index in [0.29, 0.717) is 18.2 Å². The topological polar surface area (TPSA) is 85.8 Å². The molecule has 1 fully saturated rings. The fourth-order valence-electron chi connectivity index (χ4n) is 3.42. The number of para-hydroxylation sites is 1. The summed E-state index contributed by atoms with van der Waals surface area (Å²) in [5.74, 6) is 0.713. The fourth-order valence-corrected chi connectivity index (χ4v) is 4.20. The molecular weight excluding hydrogens is 549 g/mol. The number of nitrogens with one attached hydrogen (secondary N) is 3. The molecule has 1 unspecified atom stereocenters. The summed E-state index contributed by atoms with van der Waals surface area (Å²) in [5.41, 5.74) is 2.48. The number of benzene rings is 2. The number of hydrogen-bond donors (Lipinski definition) is 3. The van der Waals surface area contributed by atoms with Crippen molar-refractivity contribution in [2.75, 3.05) is 35.5 Å². The highest BCUT2D eigenvalue weighted by molar-refractivity contribution is 14.0. The van der Waals surface area contributed by atoms with E-state index in [9.17, 15) is 8.42 Å². The molecular formula is C21H29ClIN5O2S. The predicted octanol–water partition coefficient (Wildman–Crippen LogP) is 3.66. The molecule has 3 rings (SSSR count). The van der Waals surface area contributed by atoms with Crippen molar-refractivity contribution in [1.82, 2.24) is 10.6 Å². The van der Waals surface area contributed by atoms with Crippen LogP contribution in [0.2, 0.25) is 5.02 Å². The molecule has 0 radical (unpaired) electrons. The summed E-state index contributed by atoms with van der Waals surface area (Å²) in [7, 11) is -3.35. The van der Waals surface area contributed by atoms with Crippen molar-refractivity contribution < 1.29 is 8.42 Å². The molecule has 3 N–H and O–H groups in total. The maximum Gasteiger partial charge on any atom is 0.229 e. The van der Waals surface area contributed by atoms with Gasteiger partial charge in [-0.05, 0) is 43.2 Å². The van der Waals surface area contributed by atoms with Crippen LogP contribution in [0.25, 0.3) is 0 Å². The molecule has 170 valence electrons. The number of sulfonamides is 1. The summed E-state index contributed by atoms with van der Waals surface area (Å²) in [6.07, 6.45) is 2.13. The largest absolute Gasteiger partial charge is 0.369 e. The number of halogens is 2. The number of aliphatic imine (C=N–C) groups is 1. The summed E-state index contributed by atoms with van der Waals surface area (Å²) < 4.78 is 25.8. The first-order valence-corrected chi connectivity index (χ1v) is 12.2. The van der Waals surface area contributed by atoms with Gasteiger partial charge < -0.3 is 15.5 Å². The Hall–Kier alpha value is -1.72. The van der Waals surface area contributed by atoms with Gasteiger partial charge in [0.15, 0.2) is 5.96 Å². The van der Waals surface area contributed by atoms with Crippen LogP contribution >= 0.6 is 35.6 Å². The molecule has 31 heavy (non-hydrogen) atoms. The van der Waals surface area contributed by atoms with E-state index in [1.807, 2.05) is 37.3 Å². The Balaban J connectivity index is 0.00000341. The molecule has 0 aliphatic carbocycles. The van der Waals surface area contributed by atoms with Crippen LogP contribution in [0, 0.1) is 0 Å². The van der Waals surface area contributed by atoms with Gasteiger partial charge in [0.1, 0.15) is 0 Å². The first-order chi connectivity index (χ1) is 14.3. The number of guanidine groups is 1. The minimum Gasteiger partial charge on any atom is -0.369 e. The molecule has 1 atom stereocenters. The SMILES string of the molecule is CCNC(=NCc1ccccc1NS(C)(=O)=O)NC1CCN(c2cccc(Cl)c2)C1.I. The van der Waals surface area contributed by atoms with Gasteiger partial charge in [-0.1, -0.05) is 35.9 Å². The van der Waals surface area contributed by atoms with E-state index < -0.39 is 10.0 Å². The molecule has 2 aromatic carbocycles. The first-order valence-electron chi connectivity index (χ1n) is 9.95. The Morgan fingerprint density at radius 2 is 2.00 bits per heavy atom. The molecule has 7 nitrogen and oxygen atoms in total. The molecule has 0 spiro atoms. The summed E-state index contributed by atoms with van der Waals surface area (Å²) >= 11 is 6.12. The van der Waals surface area contributed by atoms with Crippen molar-refractivity contribution >= 4 is 62.9 Å².